The summed E-state index contributed by atoms with van der Waals surface area (Å²) >= 11 is 6.24. The highest BCUT2D eigenvalue weighted by molar-refractivity contribution is 14.1. The molecule has 2 heteroatoms. The third kappa shape index (κ3) is 3.33. The Bertz CT molecular complexity index is 340. The Morgan fingerprint density at radius 3 is 2.42 bits per heavy atom. The molecule has 0 fully saturated rings. The van der Waals surface area contributed by atoms with Crippen molar-refractivity contribution in [2.45, 2.75) is 0 Å². The van der Waals surface area contributed by atoms with E-state index in [4.69, 9.17) is 0 Å². The fraction of sp³-hybridized carbons (Fsp3) is 0. The van der Waals surface area contributed by atoms with Gasteiger partial charge < -0.3 is 0 Å². The third-order valence-electron chi connectivity index (χ3n) is 1.20. The van der Waals surface area contributed by atoms with Crippen LogP contribution in [0.15, 0.2) is 35.7 Å². The number of allylic oxidation sites excluding steroid dienone is 1. The lowest BCUT2D eigenvalue weighted by atomic mass is 10.2. The van der Waals surface area contributed by atoms with Crippen molar-refractivity contribution < 1.29 is 0 Å². The molecule has 0 N–H and O–H groups in total. The Balaban J connectivity index is 2.86. The molecule has 1 aromatic carbocycles. The molecule has 0 nitrogen and oxygen atoms in total. The number of benzene rings is 1. The Morgan fingerprint density at radius 1 is 1.33 bits per heavy atom. The smallest absolute Gasteiger partial charge is 0.0474 e. The summed E-state index contributed by atoms with van der Waals surface area (Å²) in [7, 11) is 0. The van der Waals surface area contributed by atoms with E-state index in [0.717, 1.165) is 5.56 Å². The topological polar surface area (TPSA) is 0 Å². The molecule has 0 unspecified atom stereocenters. The molecule has 0 aromatic heterocycles. The molecule has 0 atom stereocenters. The Morgan fingerprint density at radius 2 is 1.92 bits per heavy atom. The van der Waals surface area contributed by atoms with Crippen molar-refractivity contribution in [2.75, 3.05) is 0 Å². The van der Waals surface area contributed by atoms with Gasteiger partial charge in [0.2, 0.25) is 0 Å². The molecule has 1 aromatic rings. The van der Waals surface area contributed by atoms with E-state index in [2.05, 4.69) is 53.6 Å². The van der Waals surface area contributed by atoms with Gasteiger partial charge in [0.1, 0.15) is 0 Å². The van der Waals surface area contributed by atoms with Crippen LogP contribution in [0.3, 0.4) is 0 Å². The SMILES string of the molecule is C=C(S)C#Cc1ccc(I)cc1. The second-order valence-corrected chi connectivity index (χ2v) is 3.99. The lowest BCUT2D eigenvalue weighted by Gasteiger charge is -1.89. The van der Waals surface area contributed by atoms with E-state index in [1.807, 2.05) is 24.3 Å². The van der Waals surface area contributed by atoms with Gasteiger partial charge in [-0.05, 0) is 46.9 Å². The van der Waals surface area contributed by atoms with Crippen LogP contribution in [-0.4, -0.2) is 0 Å². The van der Waals surface area contributed by atoms with Gasteiger partial charge in [-0.1, -0.05) is 18.4 Å². The molecule has 0 amide bonds. The van der Waals surface area contributed by atoms with Crippen LogP contribution in [0.1, 0.15) is 5.56 Å². The van der Waals surface area contributed by atoms with Crippen LogP contribution in [-0.2, 0) is 0 Å². The maximum absolute atomic E-state index is 3.98. The first kappa shape index (κ1) is 9.69. The fourth-order valence-corrected chi connectivity index (χ4v) is 1.09. The summed E-state index contributed by atoms with van der Waals surface area (Å²) in [4.78, 5) is 0.591. The van der Waals surface area contributed by atoms with E-state index >= 15 is 0 Å². The Kier molecular flexibility index (Phi) is 3.70. The Labute approximate surface area is 91.6 Å². The largest absolute Gasteiger partial charge is 0.135 e. The number of halogens is 1. The average Bonchev–Trinajstić information content (AvgIpc) is 2.03. The molecule has 12 heavy (non-hydrogen) atoms. The van der Waals surface area contributed by atoms with E-state index in [1.165, 1.54) is 3.57 Å². The quantitative estimate of drug-likeness (QED) is 0.423. The molecular formula is C10H7IS. The highest BCUT2D eigenvalue weighted by atomic mass is 127. The van der Waals surface area contributed by atoms with Gasteiger partial charge in [0, 0.05) is 14.0 Å². The highest BCUT2D eigenvalue weighted by Gasteiger charge is 1.85. The number of hydrogen-bond acceptors (Lipinski definition) is 1. The highest BCUT2D eigenvalue weighted by Crippen LogP contribution is 2.05. The van der Waals surface area contributed by atoms with E-state index in [-0.39, 0.29) is 0 Å². The maximum atomic E-state index is 3.98. The third-order valence-corrected chi connectivity index (χ3v) is 2.03. The molecule has 0 aliphatic heterocycles. The van der Waals surface area contributed by atoms with Gasteiger partial charge >= 0.3 is 0 Å². The van der Waals surface area contributed by atoms with Crippen LogP contribution in [0.5, 0.6) is 0 Å². The van der Waals surface area contributed by atoms with Gasteiger partial charge in [0.15, 0.2) is 0 Å². The van der Waals surface area contributed by atoms with E-state index in [9.17, 15) is 0 Å². The van der Waals surface area contributed by atoms with Crippen molar-refractivity contribution in [3.05, 3.63) is 44.9 Å². The first-order chi connectivity index (χ1) is 5.68. The number of hydrogen-bond donors (Lipinski definition) is 1. The molecule has 0 saturated heterocycles. The van der Waals surface area contributed by atoms with Gasteiger partial charge in [-0.25, -0.2) is 0 Å². The summed E-state index contributed by atoms with van der Waals surface area (Å²) in [6.45, 7) is 3.58. The molecule has 60 valence electrons. The molecule has 0 aliphatic rings. The summed E-state index contributed by atoms with van der Waals surface area (Å²) in [5.74, 6) is 5.74. The van der Waals surface area contributed by atoms with E-state index < -0.39 is 0 Å². The lowest BCUT2D eigenvalue weighted by molar-refractivity contribution is 1.60. The van der Waals surface area contributed by atoms with Crippen molar-refractivity contribution in [3.63, 3.8) is 0 Å². The zero-order valence-corrected chi connectivity index (χ0v) is 9.39. The minimum atomic E-state index is 0.591. The number of rotatable bonds is 0. The fourth-order valence-electron chi connectivity index (χ4n) is 0.678. The zero-order valence-electron chi connectivity index (χ0n) is 6.34. The molecular weight excluding hydrogens is 279 g/mol. The minimum Gasteiger partial charge on any atom is -0.135 e. The summed E-state index contributed by atoms with van der Waals surface area (Å²) in [5, 5.41) is 0. The summed E-state index contributed by atoms with van der Waals surface area (Å²) in [6.07, 6.45) is 0. The summed E-state index contributed by atoms with van der Waals surface area (Å²) in [6, 6.07) is 7.99. The zero-order chi connectivity index (χ0) is 8.97. The predicted molar refractivity (Wildman–Crippen MR) is 64.2 cm³/mol. The van der Waals surface area contributed by atoms with Gasteiger partial charge in [0.25, 0.3) is 0 Å². The molecule has 0 spiro atoms. The van der Waals surface area contributed by atoms with Gasteiger partial charge in [-0.15, -0.1) is 12.6 Å². The van der Waals surface area contributed by atoms with Crippen molar-refractivity contribution in [3.8, 4) is 11.8 Å². The van der Waals surface area contributed by atoms with Crippen LogP contribution in [0.4, 0.5) is 0 Å². The second kappa shape index (κ2) is 4.58. The second-order valence-electron chi connectivity index (χ2n) is 2.20. The van der Waals surface area contributed by atoms with Gasteiger partial charge in [0.05, 0.1) is 0 Å². The first-order valence-electron chi connectivity index (χ1n) is 3.34. The molecule has 0 aliphatic carbocycles. The predicted octanol–water partition coefficient (Wildman–Crippen LogP) is 3.09. The van der Waals surface area contributed by atoms with E-state index in [1.54, 1.807) is 0 Å². The number of thiol groups is 1. The van der Waals surface area contributed by atoms with Crippen LogP contribution >= 0.6 is 35.2 Å². The van der Waals surface area contributed by atoms with Gasteiger partial charge in [-0.3, -0.25) is 0 Å². The van der Waals surface area contributed by atoms with Crippen LogP contribution in [0.2, 0.25) is 0 Å². The monoisotopic (exact) mass is 286 g/mol. The normalized spacial score (nSPS) is 8.50. The van der Waals surface area contributed by atoms with Crippen molar-refractivity contribution in [2.24, 2.45) is 0 Å². The first-order valence-corrected chi connectivity index (χ1v) is 4.86. The molecule has 0 saturated carbocycles. The van der Waals surface area contributed by atoms with Crippen molar-refractivity contribution in [1.29, 1.82) is 0 Å². The molecule has 0 bridgehead atoms. The molecule has 0 heterocycles. The Hall–Kier alpha value is -0.400. The summed E-state index contributed by atoms with van der Waals surface area (Å²) in [5.41, 5.74) is 0.991. The van der Waals surface area contributed by atoms with Crippen LogP contribution < -0.4 is 0 Å². The van der Waals surface area contributed by atoms with Crippen molar-refractivity contribution in [1.82, 2.24) is 0 Å². The standard InChI is InChI=1S/C10H7IS/c1-8(12)2-3-9-4-6-10(11)7-5-9/h4-7,12H,1H2. The van der Waals surface area contributed by atoms with Crippen LogP contribution in [0, 0.1) is 15.4 Å². The molecule has 1 rings (SSSR count). The summed E-state index contributed by atoms with van der Waals surface area (Å²) < 4.78 is 1.21. The van der Waals surface area contributed by atoms with Gasteiger partial charge in [-0.2, -0.15) is 0 Å². The van der Waals surface area contributed by atoms with Crippen molar-refractivity contribution >= 4 is 35.2 Å². The minimum absolute atomic E-state index is 0.591. The lowest BCUT2D eigenvalue weighted by Crippen LogP contribution is -1.74. The maximum Gasteiger partial charge on any atom is 0.0474 e. The van der Waals surface area contributed by atoms with Crippen LogP contribution in [0.25, 0.3) is 0 Å². The van der Waals surface area contributed by atoms with E-state index in [0.29, 0.717) is 4.91 Å². The molecule has 0 radical (unpaired) electrons. The average molecular weight is 286 g/mol.